The zero-order chi connectivity index (χ0) is 16.3. The van der Waals surface area contributed by atoms with Gasteiger partial charge in [-0.1, -0.05) is 29.5 Å². The van der Waals surface area contributed by atoms with Crippen molar-refractivity contribution in [2.75, 3.05) is 0 Å². The molecule has 0 amide bonds. The molecule has 2 aromatic heterocycles. The van der Waals surface area contributed by atoms with Crippen molar-refractivity contribution >= 4 is 22.5 Å². The van der Waals surface area contributed by atoms with Crippen molar-refractivity contribution in [2.45, 2.75) is 0 Å². The first-order valence-electron chi connectivity index (χ1n) is 7.31. The predicted octanol–water partition coefficient (Wildman–Crippen LogP) is 1.92. The molecule has 0 fully saturated rings. The van der Waals surface area contributed by atoms with Crippen LogP contribution >= 0.6 is 0 Å². The molecule has 0 bridgehead atoms. The highest BCUT2D eigenvalue weighted by atomic mass is 16.1. The molecule has 7 nitrogen and oxygen atoms in total. The first-order valence-corrected chi connectivity index (χ1v) is 7.31. The number of nitrogens with one attached hydrogen (secondary N) is 1. The average molecular weight is 315 g/mol. The molecule has 0 atom stereocenters. The monoisotopic (exact) mass is 315 g/mol. The lowest BCUT2D eigenvalue weighted by Crippen LogP contribution is -2.22. The minimum Gasteiger partial charge on any atom is -0.287 e. The van der Waals surface area contributed by atoms with E-state index in [0.29, 0.717) is 16.8 Å². The number of fused-ring (bicyclic) bond motifs is 3. The summed E-state index contributed by atoms with van der Waals surface area (Å²) in [6.45, 7) is 0. The van der Waals surface area contributed by atoms with Crippen molar-refractivity contribution in [1.29, 1.82) is 0 Å². The molecule has 1 aliphatic rings. The third kappa shape index (κ3) is 1.58. The summed E-state index contributed by atoms with van der Waals surface area (Å²) < 4.78 is 1.41. The van der Waals surface area contributed by atoms with Gasteiger partial charge in [-0.05, 0) is 18.2 Å². The van der Waals surface area contributed by atoms with Crippen LogP contribution in [0.5, 0.6) is 0 Å². The summed E-state index contributed by atoms with van der Waals surface area (Å²) in [5.74, 6) is -0.534. The van der Waals surface area contributed by atoms with Crippen LogP contribution in [0.25, 0.3) is 16.6 Å². The number of rotatable bonds is 1. The van der Waals surface area contributed by atoms with E-state index in [-0.39, 0.29) is 23.0 Å². The van der Waals surface area contributed by atoms with Crippen molar-refractivity contribution < 1.29 is 9.59 Å². The number of H-pyrrole nitrogens is 1. The Balaban J connectivity index is 1.75. The van der Waals surface area contributed by atoms with E-state index < -0.39 is 0 Å². The molecule has 2 heterocycles. The summed E-state index contributed by atoms with van der Waals surface area (Å²) in [7, 11) is 0. The second kappa shape index (κ2) is 4.45. The second-order valence-corrected chi connectivity index (χ2v) is 5.54. The van der Waals surface area contributed by atoms with Gasteiger partial charge in [0.1, 0.15) is 5.69 Å². The fourth-order valence-electron chi connectivity index (χ4n) is 3.02. The van der Waals surface area contributed by atoms with E-state index in [1.54, 1.807) is 36.5 Å². The van der Waals surface area contributed by atoms with Gasteiger partial charge < -0.3 is 0 Å². The Labute approximate surface area is 134 Å². The number of nitrogens with zero attached hydrogens (tertiary/aromatic N) is 4. The second-order valence-electron chi connectivity index (χ2n) is 5.54. The fraction of sp³-hybridized carbons (Fsp3) is 0. The Morgan fingerprint density at radius 1 is 0.958 bits per heavy atom. The largest absolute Gasteiger partial charge is 0.287 e. The molecule has 1 aliphatic carbocycles. The van der Waals surface area contributed by atoms with E-state index in [2.05, 4.69) is 20.5 Å². The van der Waals surface area contributed by atoms with Crippen LogP contribution in [0.3, 0.4) is 0 Å². The highest BCUT2D eigenvalue weighted by Gasteiger charge is 2.35. The van der Waals surface area contributed by atoms with Gasteiger partial charge in [0.05, 0.1) is 17.4 Å². The number of hydrogen-bond acceptors (Lipinski definition) is 5. The standard InChI is InChI=1S/C17H9N5O2/c23-16-11-3-1-2-4-12(11)17(24)15-14(16)20-21-22(15)10-5-6-13-9(7-10)8-18-19-13/h1-8H,(H,18,19). The fourth-order valence-corrected chi connectivity index (χ4v) is 3.02. The number of hydrogen-bond donors (Lipinski definition) is 1. The Bertz CT molecular complexity index is 1150. The molecule has 114 valence electrons. The third-order valence-corrected chi connectivity index (χ3v) is 4.19. The molecule has 0 spiro atoms. The van der Waals surface area contributed by atoms with Crippen LogP contribution in [-0.4, -0.2) is 36.8 Å². The molecular formula is C17H9N5O2. The first-order chi connectivity index (χ1) is 11.7. The summed E-state index contributed by atoms with van der Waals surface area (Å²) in [4.78, 5) is 25.4. The van der Waals surface area contributed by atoms with Gasteiger partial charge in [-0.3, -0.25) is 14.7 Å². The number of carbonyl (C=O) groups excluding carboxylic acids is 2. The zero-order valence-electron chi connectivity index (χ0n) is 12.2. The lowest BCUT2D eigenvalue weighted by atomic mass is 9.90. The number of benzene rings is 2. The van der Waals surface area contributed by atoms with E-state index in [1.807, 2.05) is 12.1 Å². The number of aromatic amines is 1. The third-order valence-electron chi connectivity index (χ3n) is 4.19. The number of ketones is 2. The molecule has 4 aromatic rings. The van der Waals surface area contributed by atoms with Gasteiger partial charge in [0, 0.05) is 16.5 Å². The van der Waals surface area contributed by atoms with Crippen LogP contribution in [0.2, 0.25) is 0 Å². The molecular weight excluding hydrogens is 306 g/mol. The van der Waals surface area contributed by atoms with Crippen LogP contribution in [0.1, 0.15) is 32.1 Å². The van der Waals surface area contributed by atoms with E-state index >= 15 is 0 Å². The smallest absolute Gasteiger partial charge is 0.216 e. The lowest BCUT2D eigenvalue weighted by molar-refractivity contribution is 0.0972. The highest BCUT2D eigenvalue weighted by molar-refractivity contribution is 6.27. The van der Waals surface area contributed by atoms with Crippen LogP contribution in [0, 0.1) is 0 Å². The van der Waals surface area contributed by atoms with Crippen LogP contribution in [0.4, 0.5) is 0 Å². The Morgan fingerprint density at radius 3 is 2.58 bits per heavy atom. The molecule has 24 heavy (non-hydrogen) atoms. The molecule has 0 aliphatic heterocycles. The zero-order valence-corrected chi connectivity index (χ0v) is 12.2. The van der Waals surface area contributed by atoms with Gasteiger partial charge in [-0.15, -0.1) is 5.10 Å². The summed E-state index contributed by atoms with van der Waals surface area (Å²) >= 11 is 0. The number of aromatic nitrogens is 5. The van der Waals surface area contributed by atoms with Crippen molar-refractivity contribution in [3.63, 3.8) is 0 Å². The van der Waals surface area contributed by atoms with Crippen molar-refractivity contribution in [2.24, 2.45) is 0 Å². The first kappa shape index (κ1) is 12.9. The highest BCUT2D eigenvalue weighted by Crippen LogP contribution is 2.27. The van der Waals surface area contributed by atoms with E-state index in [4.69, 9.17) is 0 Å². The average Bonchev–Trinajstić information content (AvgIpc) is 3.25. The summed E-state index contributed by atoms with van der Waals surface area (Å²) in [6.07, 6.45) is 1.69. The Morgan fingerprint density at radius 2 is 1.75 bits per heavy atom. The van der Waals surface area contributed by atoms with Gasteiger partial charge in [-0.25, -0.2) is 4.68 Å². The molecule has 5 rings (SSSR count). The summed E-state index contributed by atoms with van der Waals surface area (Å²) in [5, 5.41) is 15.7. The minimum absolute atomic E-state index is 0.0889. The van der Waals surface area contributed by atoms with Crippen molar-refractivity contribution in [3.8, 4) is 5.69 Å². The molecule has 0 radical (unpaired) electrons. The van der Waals surface area contributed by atoms with Gasteiger partial charge in [-0.2, -0.15) is 5.10 Å². The van der Waals surface area contributed by atoms with Gasteiger partial charge in [0.25, 0.3) is 0 Å². The maximum atomic E-state index is 12.9. The van der Waals surface area contributed by atoms with Gasteiger partial charge in [0.2, 0.25) is 11.6 Å². The maximum absolute atomic E-state index is 12.9. The van der Waals surface area contributed by atoms with E-state index in [0.717, 1.165) is 10.9 Å². The number of carbonyl (C=O) groups is 2. The molecule has 1 N–H and O–H groups in total. The predicted molar refractivity (Wildman–Crippen MR) is 84.3 cm³/mol. The van der Waals surface area contributed by atoms with Crippen molar-refractivity contribution in [3.05, 3.63) is 71.2 Å². The lowest BCUT2D eigenvalue weighted by Gasteiger charge is -2.14. The Hall–Kier alpha value is -3.61. The van der Waals surface area contributed by atoms with Crippen LogP contribution in [-0.2, 0) is 0 Å². The molecule has 0 saturated carbocycles. The molecule has 0 unspecified atom stereocenters. The van der Waals surface area contributed by atoms with E-state index in [9.17, 15) is 9.59 Å². The van der Waals surface area contributed by atoms with Crippen LogP contribution in [0.15, 0.2) is 48.7 Å². The minimum atomic E-state index is -0.282. The molecule has 0 saturated heterocycles. The topological polar surface area (TPSA) is 93.5 Å². The van der Waals surface area contributed by atoms with Gasteiger partial charge in [0.15, 0.2) is 5.69 Å². The van der Waals surface area contributed by atoms with Gasteiger partial charge >= 0.3 is 0 Å². The molecule has 7 heteroatoms. The Kier molecular flexibility index (Phi) is 2.39. The normalized spacial score (nSPS) is 13.2. The molecule has 2 aromatic carbocycles. The SMILES string of the molecule is O=C1c2ccccc2C(=O)c2c1nnn2-c1ccc2[nH]ncc2c1. The quantitative estimate of drug-likeness (QED) is 0.510. The summed E-state index contributed by atoms with van der Waals surface area (Å²) in [6, 6.07) is 12.2. The van der Waals surface area contributed by atoms with Crippen LogP contribution < -0.4 is 0 Å². The summed E-state index contributed by atoms with van der Waals surface area (Å²) in [5.41, 5.74) is 2.56. The van der Waals surface area contributed by atoms with E-state index in [1.165, 1.54) is 4.68 Å². The van der Waals surface area contributed by atoms with Crippen molar-refractivity contribution in [1.82, 2.24) is 25.2 Å². The maximum Gasteiger partial charge on any atom is 0.216 e.